The number of nitrogens with two attached hydrogens (primary N) is 2. The molecule has 0 radical (unpaired) electrons. The second kappa shape index (κ2) is 5.47. The van der Waals surface area contributed by atoms with Gasteiger partial charge in [-0.15, -0.1) is 0 Å². The SMILES string of the molecule is CCC(=C(/N)C(C)C)/C(=C\N)C(C)=O. The fourth-order valence-electron chi connectivity index (χ4n) is 1.33. The molecule has 0 unspecified atom stereocenters. The molecule has 0 bridgehead atoms. The minimum atomic E-state index is -0.0343. The molecule has 3 heteroatoms. The molecule has 4 N–H and O–H groups in total. The Morgan fingerprint density at radius 2 is 1.93 bits per heavy atom. The van der Waals surface area contributed by atoms with Crippen LogP contribution in [0.3, 0.4) is 0 Å². The molecule has 0 aromatic heterocycles. The first-order valence-corrected chi connectivity index (χ1v) is 4.87. The van der Waals surface area contributed by atoms with Crippen molar-refractivity contribution in [3.8, 4) is 0 Å². The van der Waals surface area contributed by atoms with Crippen LogP contribution in [0.5, 0.6) is 0 Å². The van der Waals surface area contributed by atoms with Gasteiger partial charge in [-0.2, -0.15) is 0 Å². The van der Waals surface area contributed by atoms with Gasteiger partial charge in [-0.1, -0.05) is 20.8 Å². The summed E-state index contributed by atoms with van der Waals surface area (Å²) < 4.78 is 0. The van der Waals surface area contributed by atoms with Crippen molar-refractivity contribution in [2.75, 3.05) is 0 Å². The lowest BCUT2D eigenvalue weighted by Gasteiger charge is -2.14. The summed E-state index contributed by atoms with van der Waals surface area (Å²) in [6.07, 6.45) is 2.07. The van der Waals surface area contributed by atoms with E-state index in [1.165, 1.54) is 13.1 Å². The minimum absolute atomic E-state index is 0.0343. The number of rotatable bonds is 4. The zero-order valence-corrected chi connectivity index (χ0v) is 9.42. The molecule has 0 aliphatic carbocycles. The molecule has 0 aliphatic heterocycles. The number of carbonyl (C=O) groups excluding carboxylic acids is 1. The van der Waals surface area contributed by atoms with Crippen LogP contribution in [-0.4, -0.2) is 5.78 Å². The van der Waals surface area contributed by atoms with E-state index >= 15 is 0 Å². The molecule has 0 saturated carbocycles. The summed E-state index contributed by atoms with van der Waals surface area (Å²) in [6, 6.07) is 0. The molecule has 0 aliphatic rings. The van der Waals surface area contributed by atoms with Crippen LogP contribution in [0.15, 0.2) is 23.0 Å². The number of hydrogen-bond acceptors (Lipinski definition) is 3. The molecule has 0 saturated heterocycles. The van der Waals surface area contributed by atoms with Crippen LogP contribution in [0.1, 0.15) is 34.1 Å². The van der Waals surface area contributed by atoms with Crippen LogP contribution in [0.4, 0.5) is 0 Å². The van der Waals surface area contributed by atoms with Gasteiger partial charge >= 0.3 is 0 Å². The maximum absolute atomic E-state index is 11.3. The van der Waals surface area contributed by atoms with Crippen molar-refractivity contribution in [1.82, 2.24) is 0 Å². The van der Waals surface area contributed by atoms with Crippen molar-refractivity contribution in [3.05, 3.63) is 23.0 Å². The smallest absolute Gasteiger partial charge is 0.161 e. The fourth-order valence-corrected chi connectivity index (χ4v) is 1.33. The fraction of sp³-hybridized carbons (Fsp3) is 0.545. The molecule has 0 rings (SSSR count). The van der Waals surface area contributed by atoms with Crippen molar-refractivity contribution in [3.63, 3.8) is 0 Å². The van der Waals surface area contributed by atoms with Gasteiger partial charge in [-0.05, 0) is 24.8 Å². The van der Waals surface area contributed by atoms with E-state index in [2.05, 4.69) is 0 Å². The highest BCUT2D eigenvalue weighted by molar-refractivity contribution is 5.97. The first kappa shape index (κ1) is 12.8. The molecule has 0 atom stereocenters. The topological polar surface area (TPSA) is 69.1 Å². The quantitative estimate of drug-likeness (QED) is 0.531. The van der Waals surface area contributed by atoms with Crippen molar-refractivity contribution in [2.45, 2.75) is 34.1 Å². The molecule has 14 heavy (non-hydrogen) atoms. The Morgan fingerprint density at radius 1 is 1.43 bits per heavy atom. The first-order chi connectivity index (χ1) is 6.45. The molecule has 0 spiro atoms. The van der Waals surface area contributed by atoms with Crippen LogP contribution in [0.25, 0.3) is 0 Å². The van der Waals surface area contributed by atoms with Gasteiger partial charge in [0.15, 0.2) is 5.78 Å². The maximum Gasteiger partial charge on any atom is 0.161 e. The van der Waals surface area contributed by atoms with E-state index in [4.69, 9.17) is 11.5 Å². The van der Waals surface area contributed by atoms with Crippen LogP contribution in [-0.2, 0) is 4.79 Å². The Labute approximate surface area is 85.9 Å². The summed E-state index contributed by atoms with van der Waals surface area (Å²) in [7, 11) is 0. The van der Waals surface area contributed by atoms with Gasteiger partial charge in [-0.25, -0.2) is 0 Å². The minimum Gasteiger partial charge on any atom is -0.404 e. The molecule has 3 nitrogen and oxygen atoms in total. The summed E-state index contributed by atoms with van der Waals surface area (Å²) in [4.78, 5) is 11.3. The van der Waals surface area contributed by atoms with Gasteiger partial charge < -0.3 is 11.5 Å². The number of hydrogen-bond donors (Lipinski definition) is 2. The molecular weight excluding hydrogens is 176 g/mol. The third-order valence-corrected chi connectivity index (χ3v) is 2.20. The Kier molecular flexibility index (Phi) is 4.99. The van der Waals surface area contributed by atoms with Crippen molar-refractivity contribution >= 4 is 5.78 Å². The number of ketones is 1. The normalized spacial score (nSPS) is 14.2. The predicted molar refractivity (Wildman–Crippen MR) is 59.3 cm³/mol. The number of allylic oxidation sites excluding steroid dienone is 3. The van der Waals surface area contributed by atoms with E-state index in [9.17, 15) is 4.79 Å². The van der Waals surface area contributed by atoms with Crippen LogP contribution < -0.4 is 11.5 Å². The van der Waals surface area contributed by atoms with Gasteiger partial charge in [0.2, 0.25) is 0 Å². The van der Waals surface area contributed by atoms with Crippen LogP contribution in [0.2, 0.25) is 0 Å². The second-order valence-electron chi connectivity index (χ2n) is 3.58. The van der Waals surface area contributed by atoms with Gasteiger partial charge in [0.1, 0.15) is 0 Å². The summed E-state index contributed by atoms with van der Waals surface area (Å²) >= 11 is 0. The zero-order chi connectivity index (χ0) is 11.3. The van der Waals surface area contributed by atoms with Gasteiger partial charge in [0.05, 0.1) is 0 Å². The molecule has 0 fully saturated rings. The Bertz CT molecular complexity index is 275. The molecule has 0 aromatic carbocycles. The third kappa shape index (κ3) is 2.91. The van der Waals surface area contributed by atoms with E-state index in [1.54, 1.807) is 0 Å². The molecule has 0 amide bonds. The average molecular weight is 196 g/mol. The Balaban J connectivity index is 5.27. The molecular formula is C11H20N2O. The lowest BCUT2D eigenvalue weighted by Crippen LogP contribution is -2.14. The van der Waals surface area contributed by atoms with Gasteiger partial charge in [0, 0.05) is 17.5 Å². The van der Waals surface area contributed by atoms with Gasteiger partial charge in [-0.3, -0.25) is 4.79 Å². The van der Waals surface area contributed by atoms with Crippen molar-refractivity contribution in [1.29, 1.82) is 0 Å². The zero-order valence-electron chi connectivity index (χ0n) is 9.42. The summed E-state index contributed by atoms with van der Waals surface area (Å²) in [5.41, 5.74) is 13.5. The molecule has 80 valence electrons. The van der Waals surface area contributed by atoms with E-state index in [0.29, 0.717) is 5.57 Å². The van der Waals surface area contributed by atoms with E-state index < -0.39 is 0 Å². The lowest BCUT2D eigenvalue weighted by atomic mass is 9.94. The third-order valence-electron chi connectivity index (χ3n) is 2.20. The Hall–Kier alpha value is -1.25. The highest BCUT2D eigenvalue weighted by atomic mass is 16.1. The summed E-state index contributed by atoms with van der Waals surface area (Å²) in [5, 5.41) is 0. The maximum atomic E-state index is 11.3. The lowest BCUT2D eigenvalue weighted by molar-refractivity contribution is -0.113. The first-order valence-electron chi connectivity index (χ1n) is 4.87. The summed E-state index contributed by atoms with van der Waals surface area (Å²) in [6.45, 7) is 7.47. The average Bonchev–Trinajstić information content (AvgIpc) is 2.11. The summed E-state index contributed by atoms with van der Waals surface area (Å²) in [5.74, 6) is 0.201. The van der Waals surface area contributed by atoms with E-state index in [1.807, 2.05) is 20.8 Å². The molecule has 0 heterocycles. The number of Topliss-reactive ketones (excluding diaryl/α,β-unsaturated/α-hetero) is 1. The largest absolute Gasteiger partial charge is 0.404 e. The highest BCUT2D eigenvalue weighted by Gasteiger charge is 2.13. The predicted octanol–water partition coefficient (Wildman–Crippen LogP) is 1.70. The van der Waals surface area contributed by atoms with Crippen molar-refractivity contribution < 1.29 is 4.79 Å². The monoisotopic (exact) mass is 196 g/mol. The molecule has 0 aromatic rings. The highest BCUT2D eigenvalue weighted by Crippen LogP contribution is 2.20. The van der Waals surface area contributed by atoms with Crippen LogP contribution >= 0.6 is 0 Å². The number of carbonyl (C=O) groups is 1. The van der Waals surface area contributed by atoms with Crippen LogP contribution in [0, 0.1) is 5.92 Å². The second-order valence-corrected chi connectivity index (χ2v) is 3.58. The van der Waals surface area contributed by atoms with E-state index in [-0.39, 0.29) is 11.7 Å². The van der Waals surface area contributed by atoms with E-state index in [0.717, 1.165) is 17.7 Å². The van der Waals surface area contributed by atoms with Gasteiger partial charge in [0.25, 0.3) is 0 Å². The Morgan fingerprint density at radius 3 is 2.14 bits per heavy atom. The standard InChI is InChI=1S/C11H20N2O/c1-5-9(11(13)7(2)3)10(6-12)8(4)14/h6-7H,5,12-13H2,1-4H3/b10-6-,11-9-. The van der Waals surface area contributed by atoms with Crippen molar-refractivity contribution in [2.24, 2.45) is 17.4 Å².